The molecule has 4 heteroatoms. The number of aliphatic hydroxyl groups is 1. The first-order chi connectivity index (χ1) is 7.33. The van der Waals surface area contributed by atoms with E-state index in [9.17, 15) is 5.11 Å². The van der Waals surface area contributed by atoms with Gasteiger partial charge in [0.05, 0.1) is 0 Å². The first-order valence-corrected chi connectivity index (χ1v) is 5.04. The molecule has 1 aliphatic rings. The number of fused-ring (bicyclic) bond motifs is 1. The fraction of sp³-hybridized carbons (Fsp3) is 0.455. The van der Waals surface area contributed by atoms with Gasteiger partial charge in [0.15, 0.2) is 11.5 Å². The van der Waals surface area contributed by atoms with E-state index in [0.29, 0.717) is 37.6 Å². The Morgan fingerprint density at radius 1 is 1.20 bits per heavy atom. The van der Waals surface area contributed by atoms with E-state index in [4.69, 9.17) is 14.6 Å². The summed E-state index contributed by atoms with van der Waals surface area (Å²) in [6.07, 6.45) is 1.20. The normalized spacial score (nSPS) is 13.9. The Morgan fingerprint density at radius 3 is 2.80 bits per heavy atom. The molecule has 0 saturated carbocycles. The quantitative estimate of drug-likeness (QED) is 0.784. The van der Waals surface area contributed by atoms with Crippen molar-refractivity contribution in [2.45, 2.75) is 12.8 Å². The van der Waals surface area contributed by atoms with Gasteiger partial charge in [-0.05, 0) is 25.0 Å². The van der Waals surface area contributed by atoms with E-state index in [0.717, 1.165) is 5.56 Å². The number of aromatic hydroxyl groups is 1. The lowest BCUT2D eigenvalue weighted by Crippen LogP contribution is -2.16. The van der Waals surface area contributed by atoms with Gasteiger partial charge in [-0.25, -0.2) is 0 Å². The van der Waals surface area contributed by atoms with Crippen LogP contribution in [0.25, 0.3) is 0 Å². The average molecular weight is 210 g/mol. The molecular weight excluding hydrogens is 196 g/mol. The molecule has 4 nitrogen and oxygen atoms in total. The number of hydrogen-bond acceptors (Lipinski definition) is 4. The third kappa shape index (κ3) is 1.99. The smallest absolute Gasteiger partial charge is 0.168 e. The van der Waals surface area contributed by atoms with Crippen LogP contribution in [-0.4, -0.2) is 30.0 Å². The van der Waals surface area contributed by atoms with Gasteiger partial charge < -0.3 is 19.7 Å². The van der Waals surface area contributed by atoms with E-state index >= 15 is 0 Å². The minimum absolute atomic E-state index is 0.101. The average Bonchev–Trinajstić information content (AvgIpc) is 2.28. The molecule has 2 rings (SSSR count). The highest BCUT2D eigenvalue weighted by atomic mass is 16.6. The molecule has 0 radical (unpaired) electrons. The summed E-state index contributed by atoms with van der Waals surface area (Å²) in [7, 11) is 0. The molecule has 0 aromatic heterocycles. The van der Waals surface area contributed by atoms with E-state index < -0.39 is 0 Å². The molecular formula is C11H14O4. The summed E-state index contributed by atoms with van der Waals surface area (Å²) >= 11 is 0. The fourth-order valence-corrected chi connectivity index (χ4v) is 1.66. The van der Waals surface area contributed by atoms with Gasteiger partial charge in [-0.1, -0.05) is 0 Å². The second kappa shape index (κ2) is 4.40. The lowest BCUT2D eigenvalue weighted by molar-refractivity contribution is 0.168. The predicted molar refractivity (Wildman–Crippen MR) is 54.5 cm³/mol. The molecule has 0 spiro atoms. The Morgan fingerprint density at radius 2 is 2.00 bits per heavy atom. The molecule has 0 bridgehead atoms. The summed E-state index contributed by atoms with van der Waals surface area (Å²) in [5, 5.41) is 18.4. The van der Waals surface area contributed by atoms with Gasteiger partial charge in [0.25, 0.3) is 0 Å². The molecule has 1 aliphatic heterocycles. The topological polar surface area (TPSA) is 58.9 Å². The number of phenolic OH excluding ortho intramolecular Hbond substituents is 1. The lowest BCUT2D eigenvalue weighted by atomic mass is 10.1. The standard InChI is InChI=1S/C11H14O4/c12-5-1-2-8-9(13)3-4-10-11(8)15-7-6-14-10/h3-4,12-13H,1-2,5-7H2. The first-order valence-electron chi connectivity index (χ1n) is 5.04. The van der Waals surface area contributed by atoms with Crippen LogP contribution in [0.4, 0.5) is 0 Å². The van der Waals surface area contributed by atoms with Crippen LogP contribution in [0.3, 0.4) is 0 Å². The molecule has 1 aromatic carbocycles. The third-order valence-corrected chi connectivity index (χ3v) is 2.37. The summed E-state index contributed by atoms with van der Waals surface area (Å²) < 4.78 is 10.9. The number of rotatable bonds is 3. The Bertz CT molecular complexity index is 349. The Hall–Kier alpha value is -1.42. The van der Waals surface area contributed by atoms with Crippen molar-refractivity contribution in [3.8, 4) is 17.2 Å². The maximum absolute atomic E-state index is 9.68. The van der Waals surface area contributed by atoms with Crippen LogP contribution in [0, 0.1) is 0 Å². The maximum Gasteiger partial charge on any atom is 0.168 e. The minimum atomic E-state index is 0.101. The zero-order valence-corrected chi connectivity index (χ0v) is 8.40. The van der Waals surface area contributed by atoms with Gasteiger partial charge in [0.1, 0.15) is 19.0 Å². The van der Waals surface area contributed by atoms with Crippen molar-refractivity contribution in [2.24, 2.45) is 0 Å². The van der Waals surface area contributed by atoms with Crippen LogP contribution in [0.15, 0.2) is 12.1 Å². The highest BCUT2D eigenvalue weighted by Gasteiger charge is 2.18. The van der Waals surface area contributed by atoms with Crippen LogP contribution < -0.4 is 9.47 Å². The number of aliphatic hydroxyl groups excluding tert-OH is 1. The Kier molecular flexibility index (Phi) is 2.97. The van der Waals surface area contributed by atoms with Crippen molar-refractivity contribution in [2.75, 3.05) is 19.8 Å². The summed E-state index contributed by atoms with van der Waals surface area (Å²) in [6.45, 7) is 1.14. The van der Waals surface area contributed by atoms with Crippen LogP contribution >= 0.6 is 0 Å². The fourth-order valence-electron chi connectivity index (χ4n) is 1.66. The van der Waals surface area contributed by atoms with Crippen LogP contribution in [0.1, 0.15) is 12.0 Å². The van der Waals surface area contributed by atoms with Crippen molar-refractivity contribution in [1.29, 1.82) is 0 Å². The zero-order valence-electron chi connectivity index (χ0n) is 8.40. The van der Waals surface area contributed by atoms with Crippen LogP contribution in [-0.2, 0) is 6.42 Å². The molecule has 82 valence electrons. The Labute approximate surface area is 88.1 Å². The summed E-state index contributed by atoms with van der Waals surface area (Å²) in [6, 6.07) is 3.30. The summed E-state index contributed by atoms with van der Waals surface area (Å²) in [4.78, 5) is 0. The van der Waals surface area contributed by atoms with Gasteiger partial charge in [0.2, 0.25) is 0 Å². The van der Waals surface area contributed by atoms with Crippen molar-refractivity contribution in [3.05, 3.63) is 17.7 Å². The minimum Gasteiger partial charge on any atom is -0.508 e. The van der Waals surface area contributed by atoms with Crippen LogP contribution in [0.2, 0.25) is 0 Å². The highest BCUT2D eigenvalue weighted by molar-refractivity contribution is 5.54. The molecule has 0 amide bonds. The number of benzene rings is 1. The SMILES string of the molecule is OCCCc1c(O)ccc2c1OCCO2. The molecule has 0 atom stereocenters. The Balaban J connectivity index is 2.32. The molecule has 0 fully saturated rings. The number of phenols is 1. The van der Waals surface area contributed by atoms with E-state index in [2.05, 4.69) is 0 Å². The molecule has 1 aromatic rings. The molecule has 0 saturated heterocycles. The second-order valence-corrected chi connectivity index (χ2v) is 3.41. The molecule has 2 N–H and O–H groups in total. The number of ether oxygens (including phenoxy) is 2. The van der Waals surface area contributed by atoms with Crippen LogP contribution in [0.5, 0.6) is 17.2 Å². The van der Waals surface area contributed by atoms with Gasteiger partial charge in [0, 0.05) is 12.2 Å². The van der Waals surface area contributed by atoms with Gasteiger partial charge in [-0.15, -0.1) is 0 Å². The van der Waals surface area contributed by atoms with Crippen molar-refractivity contribution < 1.29 is 19.7 Å². The third-order valence-electron chi connectivity index (χ3n) is 2.37. The van der Waals surface area contributed by atoms with E-state index in [1.807, 2.05) is 0 Å². The largest absolute Gasteiger partial charge is 0.508 e. The van der Waals surface area contributed by atoms with E-state index in [1.54, 1.807) is 12.1 Å². The first kappa shape index (κ1) is 10.1. The monoisotopic (exact) mass is 210 g/mol. The highest BCUT2D eigenvalue weighted by Crippen LogP contribution is 2.39. The van der Waals surface area contributed by atoms with E-state index in [-0.39, 0.29) is 12.4 Å². The zero-order chi connectivity index (χ0) is 10.7. The van der Waals surface area contributed by atoms with Gasteiger partial charge in [-0.3, -0.25) is 0 Å². The second-order valence-electron chi connectivity index (χ2n) is 3.41. The lowest BCUT2D eigenvalue weighted by Gasteiger charge is -2.21. The molecule has 0 unspecified atom stereocenters. The molecule has 15 heavy (non-hydrogen) atoms. The molecule has 1 heterocycles. The van der Waals surface area contributed by atoms with Crippen molar-refractivity contribution in [1.82, 2.24) is 0 Å². The van der Waals surface area contributed by atoms with Crippen molar-refractivity contribution in [3.63, 3.8) is 0 Å². The predicted octanol–water partition coefficient (Wildman–Crippen LogP) is 1.09. The summed E-state index contributed by atoms with van der Waals surface area (Å²) in [5.41, 5.74) is 0.723. The summed E-state index contributed by atoms with van der Waals surface area (Å²) in [5.74, 6) is 1.49. The maximum atomic E-state index is 9.68. The molecule has 0 aliphatic carbocycles. The van der Waals surface area contributed by atoms with Gasteiger partial charge >= 0.3 is 0 Å². The number of hydrogen-bond donors (Lipinski definition) is 2. The van der Waals surface area contributed by atoms with Gasteiger partial charge in [-0.2, -0.15) is 0 Å². The van der Waals surface area contributed by atoms with E-state index in [1.165, 1.54) is 0 Å². The van der Waals surface area contributed by atoms with Crippen molar-refractivity contribution >= 4 is 0 Å².